The van der Waals surface area contributed by atoms with E-state index >= 15 is 0 Å². The highest BCUT2D eigenvalue weighted by molar-refractivity contribution is 7.82. The summed E-state index contributed by atoms with van der Waals surface area (Å²) in [5.74, 6) is -7.14. The summed E-state index contributed by atoms with van der Waals surface area (Å²) < 4.78 is 65.5. The minimum atomic E-state index is -5.03. The van der Waals surface area contributed by atoms with Crippen LogP contribution in [0.1, 0.15) is 95.6 Å². The van der Waals surface area contributed by atoms with E-state index in [4.69, 9.17) is 32.1 Å². The lowest BCUT2D eigenvalue weighted by Gasteiger charge is -2.41. The van der Waals surface area contributed by atoms with E-state index in [2.05, 4.69) is 16.0 Å². The third-order valence-electron chi connectivity index (χ3n) is 16.2. The highest BCUT2D eigenvalue weighted by Crippen LogP contribution is 2.35. The van der Waals surface area contributed by atoms with Gasteiger partial charge in [0.2, 0.25) is 29.9 Å². The molecule has 0 aliphatic carbocycles. The van der Waals surface area contributed by atoms with Gasteiger partial charge in [-0.15, -0.1) is 8.42 Å². The number of nitrogens with one attached hydrogen (secondary N) is 3. The van der Waals surface area contributed by atoms with Crippen molar-refractivity contribution in [2.75, 3.05) is 48.5 Å². The number of likely N-dealkylation sites (N-methyl/N-ethyl adjacent to an activating group) is 2. The number of methoxy groups -OCH3 is 2. The Morgan fingerprint density at radius 2 is 1.45 bits per heavy atom. The summed E-state index contributed by atoms with van der Waals surface area (Å²) in [6.45, 7) is 11.7. The molecular weight excluding hydrogens is 1180 g/mol. The second-order valence-electron chi connectivity index (χ2n) is 23.0. The van der Waals surface area contributed by atoms with Crippen LogP contribution in [0.15, 0.2) is 72.8 Å². The monoisotopic (exact) mass is 1270 g/mol. The molecule has 0 aromatic heterocycles. The Bertz CT molecular complexity index is 2970. The van der Waals surface area contributed by atoms with E-state index < -0.39 is 155 Å². The van der Waals surface area contributed by atoms with Crippen molar-refractivity contribution in [2.45, 2.75) is 160 Å². The van der Waals surface area contributed by atoms with Crippen LogP contribution in [0.25, 0.3) is 0 Å². The average molecular weight is 1270 g/mol. The highest BCUT2D eigenvalue weighted by atomic mass is 32.3. The minimum Gasteiger partial charge on any atom is -0.480 e. The van der Waals surface area contributed by atoms with Crippen LogP contribution in [-0.4, -0.2) is 212 Å². The number of ether oxygens (including phenoxy) is 5. The molecule has 2 saturated heterocycles. The van der Waals surface area contributed by atoms with Crippen molar-refractivity contribution in [3.05, 3.63) is 89.5 Å². The quantitative estimate of drug-likeness (QED) is 0.0458. The molecule has 3 aromatic carbocycles. The molecule has 0 bridgehead atoms. The van der Waals surface area contributed by atoms with Crippen LogP contribution >= 0.6 is 0 Å². The molecule has 6 amide bonds. The molecule has 2 heterocycles. The molecule has 3 aromatic rings. The lowest BCUT2D eigenvalue weighted by Crippen LogP contribution is -2.60. The van der Waals surface area contributed by atoms with Gasteiger partial charge in [-0.1, -0.05) is 97.4 Å². The van der Waals surface area contributed by atoms with Gasteiger partial charge in [-0.2, -0.15) is 0 Å². The van der Waals surface area contributed by atoms with Crippen LogP contribution in [-0.2, 0) is 66.3 Å². The van der Waals surface area contributed by atoms with Crippen LogP contribution in [0.4, 0.5) is 4.79 Å². The number of carboxylic acid groups (broad SMARTS) is 1. The fourth-order valence-corrected chi connectivity index (χ4v) is 11.8. The largest absolute Gasteiger partial charge is 0.501 e. The van der Waals surface area contributed by atoms with E-state index in [1.54, 1.807) is 70.8 Å². The number of benzene rings is 3. The summed E-state index contributed by atoms with van der Waals surface area (Å²) in [7, 11) is 2.16. The Morgan fingerprint density at radius 3 is 2.02 bits per heavy atom. The van der Waals surface area contributed by atoms with Gasteiger partial charge in [-0.25, -0.2) is 9.59 Å². The molecule has 2 aliphatic rings. The van der Waals surface area contributed by atoms with Gasteiger partial charge in [0.25, 0.3) is 5.91 Å². The van der Waals surface area contributed by atoms with Gasteiger partial charge < -0.3 is 83.3 Å². The maximum Gasteiger partial charge on any atom is 0.501 e. The van der Waals surface area contributed by atoms with Crippen molar-refractivity contribution in [3.8, 4) is 17.2 Å². The van der Waals surface area contributed by atoms with Crippen molar-refractivity contribution < 1.29 is 99.6 Å². The molecule has 8 N–H and O–H groups in total. The summed E-state index contributed by atoms with van der Waals surface area (Å²) in [6, 6.07) is 12.8. The maximum atomic E-state index is 14.8. The van der Waals surface area contributed by atoms with Crippen LogP contribution < -0.4 is 29.1 Å². The summed E-state index contributed by atoms with van der Waals surface area (Å²) in [4.78, 5) is 99.9. The fourth-order valence-electron chi connectivity index (χ4n) is 11.0. The van der Waals surface area contributed by atoms with Crippen molar-refractivity contribution in [1.82, 2.24) is 30.7 Å². The Hall–Kier alpha value is -7.18. The number of likely N-dealkylation sites (tertiary alicyclic amines) is 1. The van der Waals surface area contributed by atoms with Crippen LogP contribution in [0.2, 0.25) is 0 Å². The summed E-state index contributed by atoms with van der Waals surface area (Å²) >= 11 is 0. The van der Waals surface area contributed by atoms with Gasteiger partial charge in [0.1, 0.15) is 54.9 Å². The second kappa shape index (κ2) is 33.1. The van der Waals surface area contributed by atoms with Gasteiger partial charge in [0, 0.05) is 53.9 Å². The van der Waals surface area contributed by atoms with Crippen molar-refractivity contribution >= 4 is 52.0 Å². The SMILES string of the molecule is CC[C@@H](C)[C@@H]([C@@H](CC(=O)N1CCC[C@H]1[C@H](OC)[C@@H](C)C(=O)N[C@@H](Cc1ccccc1)C(=O)O)OC)N(C)C(=O)[C@@H](NC(=O)[C@H](C(C)C)N(C)C(=O)OCc1ccc(OS(=O)(=O)Oc2cc(C(=O)NC)ccc2OC2O[C@H](CO)[C@H](O)[C@H](O)[C@H]2O)cc1)C(C)C. The normalized spacial score (nSPS) is 21.2. The van der Waals surface area contributed by atoms with E-state index in [0.717, 1.165) is 22.6 Å². The number of carbonyl (C=O) groups is 7. The first-order valence-corrected chi connectivity index (χ1v) is 30.8. The molecule has 2 aliphatic heterocycles. The number of carboxylic acids is 1. The lowest BCUT2D eigenvalue weighted by molar-refractivity contribution is -0.277. The van der Waals surface area contributed by atoms with E-state index in [1.807, 2.05) is 19.9 Å². The predicted molar refractivity (Wildman–Crippen MR) is 320 cm³/mol. The van der Waals surface area contributed by atoms with Gasteiger partial charge in [0.15, 0.2) is 11.5 Å². The molecular formula is C61H88N6O21S. The first kappa shape index (κ1) is 72.6. The Balaban J connectivity index is 1.22. The van der Waals surface area contributed by atoms with E-state index in [0.29, 0.717) is 31.4 Å². The lowest BCUT2D eigenvalue weighted by atomic mass is 9.89. The van der Waals surface area contributed by atoms with Crippen molar-refractivity contribution in [1.29, 1.82) is 0 Å². The minimum absolute atomic E-state index is 0.0684. The highest BCUT2D eigenvalue weighted by Gasteiger charge is 2.47. The number of aliphatic hydroxyl groups is 4. The standard InChI is InChI=1S/C61H88N6O21S/c1-13-35(6)50(45(82-11)30-47(69)67-27-17-20-42(67)54(83-12)36(7)55(73)63-41(59(77)78)28-37-18-15-14-16-19-37)65(9)58(76)48(33(2)3)64-57(75)49(34(4)5)66(10)61(79)84-32-38-21-24-40(25-22-38)87-89(80,81)88-44-29-39(56(74)62-8)23-26-43(44)85-60-53(72)52(71)51(70)46(31-68)86-60/h14-16,18-19,21-26,29,33-36,41-42,45-46,48-54,60,68,70-72H,13,17,20,27-28,30-32H2,1-12H3,(H,62,74)(H,63,73)(H,64,75)(H,77,78)/t35-,36-,41+,42+,45-,46-,48+,49+,50+,51+,52+,53-,54-,60?/m1/s1. The van der Waals surface area contributed by atoms with Crippen LogP contribution in [0.3, 0.4) is 0 Å². The van der Waals surface area contributed by atoms with Crippen LogP contribution in [0, 0.1) is 23.7 Å². The number of nitrogens with zero attached hydrogens (tertiary/aromatic N) is 3. The van der Waals surface area contributed by atoms with E-state index in [-0.39, 0.29) is 42.6 Å². The van der Waals surface area contributed by atoms with Gasteiger partial charge >= 0.3 is 22.5 Å². The maximum absolute atomic E-state index is 14.8. The van der Waals surface area contributed by atoms with Crippen molar-refractivity contribution in [3.63, 3.8) is 0 Å². The first-order valence-electron chi connectivity index (χ1n) is 29.5. The summed E-state index contributed by atoms with van der Waals surface area (Å²) in [5, 5.41) is 58.5. The Kier molecular flexibility index (Phi) is 26.9. The first-order chi connectivity index (χ1) is 42.0. The molecule has 2 fully saturated rings. The fraction of sp³-hybridized carbons (Fsp3) is 0.590. The average Bonchev–Trinajstić information content (AvgIpc) is 1.90. The molecule has 0 radical (unpaired) electrons. The number of hydrogen-bond acceptors (Lipinski definition) is 20. The smallest absolute Gasteiger partial charge is 0.480 e. The zero-order valence-electron chi connectivity index (χ0n) is 52.3. The number of hydrogen-bond donors (Lipinski definition) is 8. The number of carbonyl (C=O) groups excluding carboxylic acids is 6. The van der Waals surface area contributed by atoms with Crippen LogP contribution in [0.5, 0.6) is 17.2 Å². The van der Waals surface area contributed by atoms with E-state index in [1.165, 1.54) is 63.5 Å². The number of rotatable bonds is 31. The molecule has 28 heteroatoms. The van der Waals surface area contributed by atoms with Gasteiger partial charge in [0.05, 0.1) is 43.2 Å². The molecule has 0 spiro atoms. The third-order valence-corrected chi connectivity index (χ3v) is 17.0. The molecule has 1 unspecified atom stereocenters. The zero-order chi connectivity index (χ0) is 66.2. The Labute approximate surface area is 519 Å². The van der Waals surface area contributed by atoms with Crippen molar-refractivity contribution in [2.24, 2.45) is 23.7 Å². The Morgan fingerprint density at radius 1 is 0.787 bits per heavy atom. The molecule has 89 heavy (non-hydrogen) atoms. The van der Waals surface area contributed by atoms with Gasteiger partial charge in [-0.05, 0) is 72.1 Å². The third kappa shape index (κ3) is 18.9. The summed E-state index contributed by atoms with van der Waals surface area (Å²) in [6.07, 6.45) is -9.44. The molecule has 5 rings (SSSR count). The van der Waals surface area contributed by atoms with Gasteiger partial charge in [-0.3, -0.25) is 28.9 Å². The second-order valence-corrected chi connectivity index (χ2v) is 24.2. The zero-order valence-corrected chi connectivity index (χ0v) is 53.2. The number of aliphatic hydroxyl groups excluding tert-OH is 4. The predicted octanol–water partition coefficient (Wildman–Crippen LogP) is 2.39. The summed E-state index contributed by atoms with van der Waals surface area (Å²) in [5.41, 5.74) is 1.01. The molecule has 494 valence electrons. The number of aliphatic carboxylic acids is 1. The molecule has 14 atom stereocenters. The topological polar surface area (TPSA) is 365 Å². The molecule has 0 saturated carbocycles. The number of amides is 6. The molecule has 27 nitrogen and oxygen atoms in total. The van der Waals surface area contributed by atoms with E-state index in [9.17, 15) is 67.5 Å².